The molecule has 0 unspecified atom stereocenters. The maximum atomic E-state index is 11.0. The highest BCUT2D eigenvalue weighted by Crippen LogP contribution is 2.10. The van der Waals surface area contributed by atoms with Crippen molar-refractivity contribution in [2.45, 2.75) is 20.3 Å². The van der Waals surface area contributed by atoms with Crippen LogP contribution < -0.4 is 4.90 Å². The summed E-state index contributed by atoms with van der Waals surface area (Å²) < 4.78 is 4.59. The average molecular weight is 223 g/mol. The van der Waals surface area contributed by atoms with Crippen LogP contribution in [-0.2, 0) is 9.53 Å². The maximum Gasteiger partial charge on any atom is 0.307 e. The number of aromatic nitrogens is 2. The van der Waals surface area contributed by atoms with Crippen LogP contribution in [0.1, 0.15) is 17.9 Å². The number of ether oxygens (including phenoxy) is 1. The Bertz CT molecular complexity index is 359. The van der Waals surface area contributed by atoms with Crippen molar-refractivity contribution in [3.05, 3.63) is 17.6 Å². The van der Waals surface area contributed by atoms with Crippen LogP contribution in [0, 0.1) is 13.8 Å². The number of carbonyl (C=O) groups is 1. The lowest BCUT2D eigenvalue weighted by Crippen LogP contribution is -2.23. The van der Waals surface area contributed by atoms with E-state index in [-0.39, 0.29) is 5.97 Å². The number of hydrogen-bond donors (Lipinski definition) is 0. The zero-order valence-corrected chi connectivity index (χ0v) is 10.1. The second-order valence-electron chi connectivity index (χ2n) is 3.66. The molecule has 0 aromatic carbocycles. The molecule has 0 amide bonds. The van der Waals surface area contributed by atoms with E-state index < -0.39 is 0 Å². The van der Waals surface area contributed by atoms with Crippen molar-refractivity contribution in [1.29, 1.82) is 0 Å². The predicted molar refractivity (Wildman–Crippen MR) is 61.4 cm³/mol. The van der Waals surface area contributed by atoms with Crippen LogP contribution in [0.4, 0.5) is 5.82 Å². The molecule has 0 radical (unpaired) electrons. The summed E-state index contributed by atoms with van der Waals surface area (Å²) >= 11 is 0. The number of anilines is 1. The molecule has 0 bridgehead atoms. The van der Waals surface area contributed by atoms with Crippen molar-refractivity contribution < 1.29 is 9.53 Å². The minimum Gasteiger partial charge on any atom is -0.469 e. The van der Waals surface area contributed by atoms with Crippen LogP contribution in [0.25, 0.3) is 0 Å². The lowest BCUT2D eigenvalue weighted by atomic mass is 10.3. The van der Waals surface area contributed by atoms with Gasteiger partial charge in [0.15, 0.2) is 0 Å². The SMILES string of the molecule is COC(=O)CCN(C)c1cc(C)nc(C)n1. The number of carbonyl (C=O) groups excluding carboxylic acids is 1. The molecule has 1 rings (SSSR count). The normalized spacial score (nSPS) is 10.0. The van der Waals surface area contributed by atoms with Gasteiger partial charge in [-0.25, -0.2) is 9.97 Å². The number of nitrogens with zero attached hydrogens (tertiary/aromatic N) is 3. The van der Waals surface area contributed by atoms with E-state index in [1.54, 1.807) is 0 Å². The van der Waals surface area contributed by atoms with Gasteiger partial charge in [0.2, 0.25) is 0 Å². The molecule has 0 saturated heterocycles. The summed E-state index contributed by atoms with van der Waals surface area (Å²) in [6.07, 6.45) is 0.356. The Morgan fingerprint density at radius 3 is 2.69 bits per heavy atom. The van der Waals surface area contributed by atoms with E-state index in [1.807, 2.05) is 31.9 Å². The second kappa shape index (κ2) is 5.44. The van der Waals surface area contributed by atoms with Crippen LogP contribution in [0.3, 0.4) is 0 Å². The Kier molecular flexibility index (Phi) is 4.22. The standard InChI is InChI=1S/C11H17N3O2/c1-8-7-10(13-9(2)12-8)14(3)6-5-11(15)16-4/h7H,5-6H2,1-4H3. The van der Waals surface area contributed by atoms with Gasteiger partial charge in [0.1, 0.15) is 11.6 Å². The van der Waals surface area contributed by atoms with Crippen LogP contribution in [0.2, 0.25) is 0 Å². The van der Waals surface area contributed by atoms with E-state index >= 15 is 0 Å². The van der Waals surface area contributed by atoms with Gasteiger partial charge in [0.05, 0.1) is 13.5 Å². The Morgan fingerprint density at radius 1 is 1.44 bits per heavy atom. The molecule has 0 atom stereocenters. The zero-order valence-electron chi connectivity index (χ0n) is 10.1. The molecule has 0 aliphatic heterocycles. The van der Waals surface area contributed by atoms with Crippen LogP contribution >= 0.6 is 0 Å². The number of hydrogen-bond acceptors (Lipinski definition) is 5. The van der Waals surface area contributed by atoms with Gasteiger partial charge in [-0.15, -0.1) is 0 Å². The summed E-state index contributed by atoms with van der Waals surface area (Å²) in [4.78, 5) is 21.4. The second-order valence-corrected chi connectivity index (χ2v) is 3.66. The van der Waals surface area contributed by atoms with E-state index in [0.717, 1.165) is 17.3 Å². The molecule has 5 nitrogen and oxygen atoms in total. The highest BCUT2D eigenvalue weighted by molar-refractivity contribution is 5.69. The van der Waals surface area contributed by atoms with Crippen LogP contribution in [-0.4, -0.2) is 36.6 Å². The third kappa shape index (κ3) is 3.49. The molecule has 0 aliphatic rings. The monoisotopic (exact) mass is 223 g/mol. The van der Waals surface area contributed by atoms with Crippen molar-refractivity contribution in [3.8, 4) is 0 Å². The van der Waals surface area contributed by atoms with Crippen molar-refractivity contribution in [3.63, 3.8) is 0 Å². The summed E-state index contributed by atoms with van der Waals surface area (Å²) in [5.74, 6) is 1.35. The fourth-order valence-corrected chi connectivity index (χ4v) is 1.37. The molecular weight excluding hydrogens is 206 g/mol. The minimum absolute atomic E-state index is 0.214. The molecule has 1 aromatic heterocycles. The Hall–Kier alpha value is -1.65. The topological polar surface area (TPSA) is 55.3 Å². The maximum absolute atomic E-state index is 11.0. The van der Waals surface area contributed by atoms with Gasteiger partial charge >= 0.3 is 5.97 Å². The number of methoxy groups -OCH3 is 1. The molecule has 5 heteroatoms. The third-order valence-corrected chi connectivity index (χ3v) is 2.22. The molecule has 1 aromatic rings. The molecule has 0 aliphatic carbocycles. The van der Waals surface area contributed by atoms with Crippen molar-refractivity contribution in [1.82, 2.24) is 9.97 Å². The number of aryl methyl sites for hydroxylation is 2. The minimum atomic E-state index is -0.214. The summed E-state index contributed by atoms with van der Waals surface area (Å²) in [7, 11) is 3.28. The van der Waals surface area contributed by atoms with Gasteiger partial charge in [-0.05, 0) is 13.8 Å². The first-order valence-electron chi connectivity index (χ1n) is 5.13. The van der Waals surface area contributed by atoms with E-state index in [2.05, 4.69) is 14.7 Å². The molecule has 0 saturated carbocycles. The largest absolute Gasteiger partial charge is 0.469 e. The summed E-state index contributed by atoms with van der Waals surface area (Å²) in [6, 6.07) is 1.89. The van der Waals surface area contributed by atoms with Gasteiger partial charge < -0.3 is 9.64 Å². The molecule has 0 spiro atoms. The summed E-state index contributed by atoms with van der Waals surface area (Å²) in [5.41, 5.74) is 0.924. The summed E-state index contributed by atoms with van der Waals surface area (Å²) in [6.45, 7) is 4.36. The third-order valence-electron chi connectivity index (χ3n) is 2.22. The molecule has 0 N–H and O–H groups in total. The fraction of sp³-hybridized carbons (Fsp3) is 0.545. The molecule has 1 heterocycles. The Morgan fingerprint density at radius 2 is 2.12 bits per heavy atom. The van der Waals surface area contributed by atoms with Crippen molar-refractivity contribution in [2.75, 3.05) is 25.6 Å². The van der Waals surface area contributed by atoms with E-state index in [4.69, 9.17) is 0 Å². The Labute approximate surface area is 95.5 Å². The Balaban J connectivity index is 2.65. The quantitative estimate of drug-likeness (QED) is 0.715. The lowest BCUT2D eigenvalue weighted by molar-refractivity contribution is -0.140. The van der Waals surface area contributed by atoms with Crippen LogP contribution in [0.5, 0.6) is 0 Å². The van der Waals surface area contributed by atoms with E-state index in [1.165, 1.54) is 7.11 Å². The van der Waals surface area contributed by atoms with E-state index in [0.29, 0.717) is 13.0 Å². The van der Waals surface area contributed by atoms with Gasteiger partial charge in [0.25, 0.3) is 0 Å². The fourth-order valence-electron chi connectivity index (χ4n) is 1.37. The first kappa shape index (κ1) is 12.4. The molecule has 16 heavy (non-hydrogen) atoms. The van der Waals surface area contributed by atoms with Crippen molar-refractivity contribution in [2.24, 2.45) is 0 Å². The van der Waals surface area contributed by atoms with Gasteiger partial charge in [-0.1, -0.05) is 0 Å². The molecule has 88 valence electrons. The van der Waals surface area contributed by atoms with Crippen molar-refractivity contribution >= 4 is 11.8 Å². The zero-order chi connectivity index (χ0) is 12.1. The lowest BCUT2D eigenvalue weighted by Gasteiger charge is -2.17. The average Bonchev–Trinajstić information content (AvgIpc) is 2.23. The highest BCUT2D eigenvalue weighted by atomic mass is 16.5. The van der Waals surface area contributed by atoms with E-state index in [9.17, 15) is 4.79 Å². The summed E-state index contributed by atoms with van der Waals surface area (Å²) in [5, 5.41) is 0. The molecular formula is C11H17N3O2. The highest BCUT2D eigenvalue weighted by Gasteiger charge is 2.07. The van der Waals surface area contributed by atoms with Crippen LogP contribution in [0.15, 0.2) is 6.07 Å². The number of rotatable bonds is 4. The van der Waals surface area contributed by atoms with Gasteiger partial charge in [0, 0.05) is 25.4 Å². The van der Waals surface area contributed by atoms with Gasteiger partial charge in [-0.3, -0.25) is 4.79 Å². The first-order chi connectivity index (χ1) is 7.52. The number of esters is 1. The predicted octanol–water partition coefficient (Wildman–Crippen LogP) is 1.09. The molecule has 0 fully saturated rings. The first-order valence-corrected chi connectivity index (χ1v) is 5.13. The smallest absolute Gasteiger partial charge is 0.307 e. The van der Waals surface area contributed by atoms with Gasteiger partial charge in [-0.2, -0.15) is 0 Å².